The number of phenols is 2. The summed E-state index contributed by atoms with van der Waals surface area (Å²) in [6, 6.07) is 13.4. The summed E-state index contributed by atoms with van der Waals surface area (Å²) < 4.78 is 14.0. The van der Waals surface area contributed by atoms with Gasteiger partial charge in [-0.1, -0.05) is 41.4 Å². The molecule has 4 amide bonds. The van der Waals surface area contributed by atoms with E-state index in [0.29, 0.717) is 11.1 Å². The molecule has 234 valence electrons. The van der Waals surface area contributed by atoms with Crippen molar-refractivity contribution in [2.24, 2.45) is 29.1 Å². The maximum Gasteiger partial charge on any atom is 0.339 e. The molecule has 3 aromatic carbocycles. The maximum absolute atomic E-state index is 14.4. The van der Waals surface area contributed by atoms with Gasteiger partial charge in [-0.3, -0.25) is 19.2 Å². The van der Waals surface area contributed by atoms with Crippen molar-refractivity contribution >= 4 is 52.6 Å². The van der Waals surface area contributed by atoms with Crippen LogP contribution in [0.1, 0.15) is 41.6 Å². The first-order chi connectivity index (χ1) is 21.9. The molecule has 0 spiro atoms. The molecule has 7 rings (SSSR count). The van der Waals surface area contributed by atoms with Gasteiger partial charge in [-0.25, -0.2) is 19.0 Å². The first-order valence-electron chi connectivity index (χ1n) is 14.6. The summed E-state index contributed by atoms with van der Waals surface area (Å²) >= 11 is 6.02. The fourth-order valence-corrected chi connectivity index (χ4v) is 8.23. The number of hydrogen-bond acceptors (Lipinski definition) is 7. The van der Waals surface area contributed by atoms with Crippen molar-refractivity contribution in [1.82, 2.24) is 0 Å². The standard InChI is InChI=1S/C34H26ClFN2O8/c1-34-22(30(42)38(33(34)46)15-7-11-24(36)23(35)12-15)14-21-17(28(34)18-4-2-3-5-25(18)39)9-10-20-27(21)31(43)37(29(20)41)16-6-8-19(32(44)45)26(40)13-16/h2-9,11-13,20-22,27-28,39-40H,10,14H2,1H3,(H,44,45)/t20-,21+,22-,27-,28+,34+/m0/s1. The molecule has 3 N–H and O–H groups in total. The van der Waals surface area contributed by atoms with Crippen molar-refractivity contribution in [3.63, 3.8) is 0 Å². The normalized spacial score (nSPS) is 28.6. The largest absolute Gasteiger partial charge is 0.508 e. The van der Waals surface area contributed by atoms with E-state index in [1.807, 2.05) is 6.08 Å². The van der Waals surface area contributed by atoms with E-state index in [1.165, 1.54) is 24.3 Å². The number of aromatic carboxylic acids is 1. The van der Waals surface area contributed by atoms with Crippen molar-refractivity contribution in [2.75, 3.05) is 9.80 Å². The highest BCUT2D eigenvalue weighted by Crippen LogP contribution is 2.64. The van der Waals surface area contributed by atoms with Crippen molar-refractivity contribution < 1.29 is 43.7 Å². The highest BCUT2D eigenvalue weighted by Gasteiger charge is 2.68. The van der Waals surface area contributed by atoms with Crippen LogP contribution in [0.4, 0.5) is 15.8 Å². The second-order valence-electron chi connectivity index (χ2n) is 12.3. The Kier molecular flexibility index (Phi) is 6.61. The lowest BCUT2D eigenvalue weighted by atomic mass is 9.51. The fraction of sp³-hybridized carbons (Fsp3) is 0.265. The summed E-state index contributed by atoms with van der Waals surface area (Å²) in [7, 11) is 0. The van der Waals surface area contributed by atoms with Gasteiger partial charge in [-0.15, -0.1) is 0 Å². The van der Waals surface area contributed by atoms with Crippen LogP contribution in [0.2, 0.25) is 5.02 Å². The average molecular weight is 645 g/mol. The van der Waals surface area contributed by atoms with Crippen LogP contribution in [0.3, 0.4) is 0 Å². The maximum atomic E-state index is 14.4. The number of carbonyl (C=O) groups excluding carboxylic acids is 4. The van der Waals surface area contributed by atoms with Crippen LogP contribution in [0.25, 0.3) is 0 Å². The third-order valence-electron chi connectivity index (χ3n) is 10.2. The average Bonchev–Trinajstić information content (AvgIpc) is 3.38. The molecule has 2 aliphatic carbocycles. The van der Waals surface area contributed by atoms with Crippen molar-refractivity contribution in [3.8, 4) is 11.5 Å². The number of hydrogen-bond donors (Lipinski definition) is 3. The predicted molar refractivity (Wildman–Crippen MR) is 162 cm³/mol. The SMILES string of the molecule is C[C@@]12C(=O)N(c3ccc(F)c(Cl)c3)C(=O)[C@@H]1C[C@@H]1C(=CC[C@@H]3C(=O)N(c4ccc(C(=O)O)c(O)c4)C(=O)[C@@H]31)[C@@H]2c1ccccc1O. The number of carboxylic acids is 1. The molecule has 6 atom stereocenters. The number of amides is 4. The van der Waals surface area contributed by atoms with E-state index in [0.717, 1.165) is 28.0 Å². The zero-order valence-electron chi connectivity index (χ0n) is 24.2. The molecule has 46 heavy (non-hydrogen) atoms. The quantitative estimate of drug-likeness (QED) is 0.264. The van der Waals surface area contributed by atoms with Gasteiger partial charge in [0.2, 0.25) is 23.6 Å². The number of rotatable bonds is 4. The van der Waals surface area contributed by atoms with Crippen LogP contribution in [0.15, 0.2) is 72.3 Å². The zero-order chi connectivity index (χ0) is 32.8. The number of fused-ring (bicyclic) bond motifs is 4. The molecule has 0 aromatic heterocycles. The first-order valence-corrected chi connectivity index (χ1v) is 15.0. The highest BCUT2D eigenvalue weighted by atomic mass is 35.5. The number of benzene rings is 3. The van der Waals surface area contributed by atoms with Crippen LogP contribution in [0, 0.1) is 34.9 Å². The van der Waals surface area contributed by atoms with Crippen LogP contribution in [-0.2, 0) is 19.2 Å². The van der Waals surface area contributed by atoms with E-state index in [-0.39, 0.29) is 35.0 Å². The molecule has 2 saturated heterocycles. The molecule has 1 saturated carbocycles. The zero-order valence-corrected chi connectivity index (χ0v) is 24.9. The Balaban J connectivity index is 1.35. The molecule has 0 unspecified atom stereocenters. The number of halogens is 2. The van der Waals surface area contributed by atoms with Gasteiger partial charge in [0.25, 0.3) is 0 Å². The van der Waals surface area contributed by atoms with E-state index in [1.54, 1.807) is 25.1 Å². The first kappa shape index (κ1) is 29.7. The summed E-state index contributed by atoms with van der Waals surface area (Å²) in [6.07, 6.45) is 2.00. The minimum atomic E-state index is -1.42. The Morgan fingerprint density at radius 2 is 1.59 bits per heavy atom. The van der Waals surface area contributed by atoms with Gasteiger partial charge in [0.15, 0.2) is 0 Å². The lowest BCUT2D eigenvalue weighted by molar-refractivity contribution is -0.131. The van der Waals surface area contributed by atoms with Crippen LogP contribution < -0.4 is 9.80 Å². The van der Waals surface area contributed by atoms with Gasteiger partial charge in [0, 0.05) is 17.5 Å². The third kappa shape index (κ3) is 3.97. The van der Waals surface area contributed by atoms with Gasteiger partial charge >= 0.3 is 5.97 Å². The number of imide groups is 2. The van der Waals surface area contributed by atoms with Gasteiger partial charge in [-0.05, 0) is 62.1 Å². The van der Waals surface area contributed by atoms with Gasteiger partial charge < -0.3 is 15.3 Å². The molecule has 10 nitrogen and oxygen atoms in total. The van der Waals surface area contributed by atoms with E-state index in [2.05, 4.69) is 0 Å². The molecule has 12 heteroatoms. The van der Waals surface area contributed by atoms with Crippen molar-refractivity contribution in [3.05, 3.63) is 94.3 Å². The minimum Gasteiger partial charge on any atom is -0.508 e. The summed E-state index contributed by atoms with van der Waals surface area (Å²) in [4.78, 5) is 69.8. The Labute approximate surface area is 266 Å². The topological polar surface area (TPSA) is 153 Å². The van der Waals surface area contributed by atoms with Gasteiger partial charge in [0.1, 0.15) is 22.9 Å². The third-order valence-corrected chi connectivity index (χ3v) is 10.4. The van der Waals surface area contributed by atoms with E-state index in [4.69, 9.17) is 11.6 Å². The smallest absolute Gasteiger partial charge is 0.339 e. The molecule has 2 aliphatic heterocycles. The number of carbonyl (C=O) groups is 5. The van der Waals surface area contributed by atoms with E-state index in [9.17, 15) is 43.7 Å². The Morgan fingerprint density at radius 1 is 0.891 bits per heavy atom. The van der Waals surface area contributed by atoms with Gasteiger partial charge in [-0.2, -0.15) is 0 Å². The van der Waals surface area contributed by atoms with E-state index >= 15 is 0 Å². The van der Waals surface area contributed by atoms with Crippen LogP contribution in [0.5, 0.6) is 11.5 Å². The number of phenolic OH excluding ortho intramolecular Hbond substituents is 1. The van der Waals surface area contributed by atoms with E-state index < -0.39 is 81.7 Å². The molecule has 4 aliphatic rings. The number of aromatic hydroxyl groups is 2. The predicted octanol–water partition coefficient (Wildman–Crippen LogP) is 5.02. The number of nitrogens with zero attached hydrogens (tertiary/aromatic N) is 2. The fourth-order valence-electron chi connectivity index (χ4n) is 8.06. The van der Waals surface area contributed by atoms with Crippen LogP contribution >= 0.6 is 11.6 Å². The molecule has 2 heterocycles. The molecule has 3 fully saturated rings. The second-order valence-corrected chi connectivity index (χ2v) is 12.7. The van der Waals surface area contributed by atoms with Crippen molar-refractivity contribution in [1.29, 1.82) is 0 Å². The summed E-state index contributed by atoms with van der Waals surface area (Å²) in [5, 5.41) is 30.4. The summed E-state index contributed by atoms with van der Waals surface area (Å²) in [5.41, 5.74) is -0.683. The highest BCUT2D eigenvalue weighted by molar-refractivity contribution is 6.32. The lowest BCUT2D eigenvalue weighted by Gasteiger charge is -2.49. The van der Waals surface area contributed by atoms with Crippen LogP contribution in [-0.4, -0.2) is 44.9 Å². The Morgan fingerprint density at radius 3 is 2.26 bits per heavy atom. The number of anilines is 2. The summed E-state index contributed by atoms with van der Waals surface area (Å²) in [6.45, 7) is 1.66. The minimum absolute atomic E-state index is 0.0119. The molecule has 0 radical (unpaired) electrons. The van der Waals surface area contributed by atoms with Crippen molar-refractivity contribution in [2.45, 2.75) is 25.7 Å². The molecular formula is C34H26ClFN2O8. The van der Waals surface area contributed by atoms with Gasteiger partial charge in [0.05, 0.1) is 39.6 Å². The number of allylic oxidation sites excluding steroid dienone is 2. The molecule has 0 bridgehead atoms. The Hall–Kier alpha value is -5.03. The molecular weight excluding hydrogens is 619 g/mol. The lowest BCUT2D eigenvalue weighted by Crippen LogP contribution is -2.48. The molecule has 3 aromatic rings. The number of para-hydroxylation sites is 1. The number of carboxylic acid groups (broad SMARTS) is 1. The second kappa shape index (κ2) is 10.2. The summed E-state index contributed by atoms with van der Waals surface area (Å²) in [5.74, 6) is -9.30. The monoisotopic (exact) mass is 644 g/mol. The Bertz CT molecular complexity index is 1940.